The van der Waals surface area contributed by atoms with Gasteiger partial charge in [0.2, 0.25) is 0 Å². The third kappa shape index (κ3) is 3.82. The number of ether oxygens (including phenoxy) is 1. The van der Waals surface area contributed by atoms with Crippen LogP contribution in [-0.4, -0.2) is 11.7 Å². The highest BCUT2D eigenvalue weighted by Gasteiger charge is 2.02. The van der Waals surface area contributed by atoms with E-state index in [0.717, 1.165) is 9.75 Å². The van der Waals surface area contributed by atoms with Crippen molar-refractivity contribution in [3.05, 3.63) is 51.5 Å². The minimum atomic E-state index is -0.266. The summed E-state index contributed by atoms with van der Waals surface area (Å²) in [7, 11) is 0. The van der Waals surface area contributed by atoms with Crippen LogP contribution in [0.5, 0.6) is 5.75 Å². The van der Waals surface area contributed by atoms with Crippen molar-refractivity contribution in [2.45, 2.75) is 13.5 Å². The first-order valence-electron chi connectivity index (χ1n) is 5.76. The van der Waals surface area contributed by atoms with E-state index in [-0.39, 0.29) is 12.4 Å². The summed E-state index contributed by atoms with van der Waals surface area (Å²) in [6, 6.07) is 8.61. The van der Waals surface area contributed by atoms with E-state index in [1.165, 1.54) is 17.4 Å². The molecule has 0 unspecified atom stereocenters. The Morgan fingerprint density at radius 1 is 1.32 bits per heavy atom. The van der Waals surface area contributed by atoms with Crippen LogP contribution in [0.3, 0.4) is 0 Å². The quantitative estimate of drug-likeness (QED) is 0.873. The molecule has 1 aromatic heterocycles. The third-order valence-electron chi connectivity index (χ3n) is 2.48. The Balaban J connectivity index is 1.98. The molecule has 2 nitrogen and oxygen atoms in total. The van der Waals surface area contributed by atoms with E-state index in [2.05, 4.69) is 11.8 Å². The highest BCUT2D eigenvalue weighted by molar-refractivity contribution is 7.12. The van der Waals surface area contributed by atoms with Crippen molar-refractivity contribution in [1.29, 1.82) is 0 Å². The van der Waals surface area contributed by atoms with Crippen LogP contribution >= 0.6 is 11.3 Å². The molecule has 4 heteroatoms. The van der Waals surface area contributed by atoms with Gasteiger partial charge in [0, 0.05) is 10.9 Å². The van der Waals surface area contributed by atoms with Crippen molar-refractivity contribution in [2.24, 2.45) is 0 Å². The van der Waals surface area contributed by atoms with E-state index < -0.39 is 0 Å². The molecule has 0 aliphatic carbocycles. The van der Waals surface area contributed by atoms with E-state index in [9.17, 15) is 4.39 Å². The lowest BCUT2D eigenvalue weighted by Gasteiger charge is -2.05. The van der Waals surface area contributed by atoms with Crippen LogP contribution < -0.4 is 4.74 Å². The Bertz CT molecular complexity index is 623. The molecule has 0 atom stereocenters. The fourth-order valence-corrected chi connectivity index (χ4v) is 2.26. The van der Waals surface area contributed by atoms with Crippen LogP contribution in [0.1, 0.15) is 15.3 Å². The largest absolute Gasteiger partial charge is 0.488 e. The van der Waals surface area contributed by atoms with E-state index in [0.29, 0.717) is 17.9 Å². The zero-order valence-electron chi connectivity index (χ0n) is 10.4. The first-order chi connectivity index (χ1) is 9.19. The Hall–Kier alpha value is -1.83. The summed E-state index contributed by atoms with van der Waals surface area (Å²) in [5.41, 5.74) is 0.602. The fraction of sp³-hybridized carbons (Fsp3) is 0.200. The monoisotopic (exact) mass is 276 g/mol. The minimum absolute atomic E-state index is 0.146. The normalized spacial score (nSPS) is 9.84. The molecule has 0 bridgehead atoms. The number of hydrogen-bond acceptors (Lipinski definition) is 3. The molecular formula is C15H13FO2S. The van der Waals surface area contributed by atoms with Crippen molar-refractivity contribution < 1.29 is 14.2 Å². The number of benzene rings is 1. The van der Waals surface area contributed by atoms with E-state index in [1.807, 2.05) is 12.1 Å². The van der Waals surface area contributed by atoms with Crippen molar-refractivity contribution in [2.75, 3.05) is 6.61 Å². The van der Waals surface area contributed by atoms with Gasteiger partial charge in [-0.1, -0.05) is 17.9 Å². The topological polar surface area (TPSA) is 29.5 Å². The zero-order chi connectivity index (χ0) is 13.7. The van der Waals surface area contributed by atoms with Crippen LogP contribution in [0, 0.1) is 24.6 Å². The van der Waals surface area contributed by atoms with Gasteiger partial charge >= 0.3 is 0 Å². The summed E-state index contributed by atoms with van der Waals surface area (Å²) in [5.74, 6) is 5.67. The number of aryl methyl sites for hydroxylation is 1. The second-order valence-corrected chi connectivity index (χ2v) is 5.09. The Kier molecular flexibility index (Phi) is 4.56. The molecule has 0 saturated carbocycles. The van der Waals surface area contributed by atoms with Gasteiger partial charge in [0.15, 0.2) is 0 Å². The summed E-state index contributed by atoms with van der Waals surface area (Å²) in [6.07, 6.45) is 0. The van der Waals surface area contributed by atoms with Gasteiger partial charge in [0.1, 0.15) is 24.8 Å². The summed E-state index contributed by atoms with van der Waals surface area (Å²) in [4.78, 5) is 1.88. The average molecular weight is 276 g/mol. The fourth-order valence-electron chi connectivity index (χ4n) is 1.47. The summed E-state index contributed by atoms with van der Waals surface area (Å²) < 4.78 is 18.8. The molecule has 2 rings (SSSR count). The number of aliphatic hydroxyl groups excluding tert-OH is 1. The minimum Gasteiger partial charge on any atom is -0.488 e. The SMILES string of the molecule is Cc1ccc(OCc2ccc(C#CCO)s2)cc1F. The molecule has 1 N–H and O–H groups in total. The second-order valence-electron chi connectivity index (χ2n) is 3.93. The van der Waals surface area contributed by atoms with Gasteiger partial charge in [-0.3, -0.25) is 0 Å². The number of hydrogen-bond donors (Lipinski definition) is 1. The molecule has 98 valence electrons. The summed E-state index contributed by atoms with van der Waals surface area (Å²) in [6.45, 7) is 1.95. The predicted octanol–water partition coefficient (Wildman–Crippen LogP) is 3.12. The van der Waals surface area contributed by atoms with Gasteiger partial charge in [0.25, 0.3) is 0 Å². The average Bonchev–Trinajstić information content (AvgIpc) is 2.86. The second kappa shape index (κ2) is 6.37. The lowest BCUT2D eigenvalue weighted by Crippen LogP contribution is -1.93. The maximum atomic E-state index is 13.3. The van der Waals surface area contributed by atoms with Crippen molar-refractivity contribution in [1.82, 2.24) is 0 Å². The predicted molar refractivity (Wildman–Crippen MR) is 73.8 cm³/mol. The van der Waals surface area contributed by atoms with Crippen LogP contribution in [-0.2, 0) is 6.61 Å². The molecule has 1 heterocycles. The first kappa shape index (κ1) is 13.6. The number of thiophene rings is 1. The standard InChI is InChI=1S/C15H13FO2S/c1-11-4-5-12(9-15(11)16)18-10-14-7-6-13(19-14)3-2-8-17/h4-7,9,17H,8,10H2,1H3. The van der Waals surface area contributed by atoms with Crippen molar-refractivity contribution in [3.8, 4) is 17.6 Å². The molecule has 19 heavy (non-hydrogen) atoms. The highest BCUT2D eigenvalue weighted by atomic mass is 32.1. The molecule has 0 saturated heterocycles. The van der Waals surface area contributed by atoms with Gasteiger partial charge < -0.3 is 9.84 Å². The molecule has 2 aromatic rings. The van der Waals surface area contributed by atoms with Gasteiger partial charge in [-0.05, 0) is 30.7 Å². The smallest absolute Gasteiger partial charge is 0.129 e. The third-order valence-corrected chi connectivity index (χ3v) is 3.45. The van der Waals surface area contributed by atoms with Gasteiger partial charge in [-0.15, -0.1) is 11.3 Å². The maximum absolute atomic E-state index is 13.3. The molecule has 0 aliphatic heterocycles. The lowest BCUT2D eigenvalue weighted by atomic mass is 10.2. The Morgan fingerprint density at radius 2 is 2.16 bits per heavy atom. The van der Waals surface area contributed by atoms with Crippen molar-refractivity contribution >= 4 is 11.3 Å². The summed E-state index contributed by atoms with van der Waals surface area (Å²) >= 11 is 1.50. The molecule has 0 amide bonds. The van der Waals surface area contributed by atoms with E-state index >= 15 is 0 Å². The van der Waals surface area contributed by atoms with Crippen LogP contribution in [0.15, 0.2) is 30.3 Å². The molecule has 0 fully saturated rings. The number of rotatable bonds is 3. The Morgan fingerprint density at radius 3 is 2.89 bits per heavy atom. The maximum Gasteiger partial charge on any atom is 0.129 e. The van der Waals surface area contributed by atoms with E-state index in [4.69, 9.17) is 9.84 Å². The molecule has 1 aromatic carbocycles. The molecule has 0 spiro atoms. The first-order valence-corrected chi connectivity index (χ1v) is 6.58. The van der Waals surface area contributed by atoms with E-state index in [1.54, 1.807) is 19.1 Å². The highest BCUT2D eigenvalue weighted by Crippen LogP contribution is 2.20. The zero-order valence-corrected chi connectivity index (χ0v) is 11.3. The van der Waals surface area contributed by atoms with Crippen LogP contribution in [0.25, 0.3) is 0 Å². The number of halogens is 1. The molecular weight excluding hydrogens is 263 g/mol. The van der Waals surface area contributed by atoms with Gasteiger partial charge in [-0.2, -0.15) is 0 Å². The van der Waals surface area contributed by atoms with Crippen molar-refractivity contribution in [3.63, 3.8) is 0 Å². The van der Waals surface area contributed by atoms with Crippen LogP contribution in [0.2, 0.25) is 0 Å². The number of aliphatic hydroxyl groups is 1. The summed E-state index contributed by atoms with van der Waals surface area (Å²) in [5, 5.41) is 8.61. The van der Waals surface area contributed by atoms with Crippen LogP contribution in [0.4, 0.5) is 4.39 Å². The van der Waals surface area contributed by atoms with Gasteiger partial charge in [0.05, 0.1) is 4.88 Å². The molecule has 0 radical (unpaired) electrons. The lowest BCUT2D eigenvalue weighted by molar-refractivity contribution is 0.308. The molecule has 0 aliphatic rings. The van der Waals surface area contributed by atoms with Gasteiger partial charge in [-0.25, -0.2) is 4.39 Å². The Labute approximate surface area is 115 Å².